The lowest BCUT2D eigenvalue weighted by molar-refractivity contribution is 0.0783. The van der Waals surface area contributed by atoms with Crippen LogP contribution in [0.5, 0.6) is 0 Å². The Morgan fingerprint density at radius 1 is 1.54 bits per heavy atom. The third kappa shape index (κ3) is 1.62. The highest BCUT2D eigenvalue weighted by atomic mass is 19.1. The first-order chi connectivity index (χ1) is 6.27. The fourth-order valence-corrected chi connectivity index (χ4v) is 1.32. The lowest BCUT2D eigenvalue weighted by Gasteiger charge is -2.33. The zero-order valence-corrected chi connectivity index (χ0v) is 7.07. The lowest BCUT2D eigenvalue weighted by atomic mass is 9.89. The molecule has 4 heteroatoms. The standard InChI is InChI=1S/C9H11FN2O/c10-6-2-1-5-11-9(6)12-7-3-4-8(7)13/h1-2,5,7-8,13H,3-4H2,(H,11,12)/t7-,8-/m1/s1. The van der Waals surface area contributed by atoms with E-state index in [0.717, 1.165) is 12.8 Å². The normalized spacial score (nSPS) is 26.6. The van der Waals surface area contributed by atoms with Gasteiger partial charge in [-0.05, 0) is 25.0 Å². The zero-order valence-electron chi connectivity index (χ0n) is 7.07. The van der Waals surface area contributed by atoms with Crippen LogP contribution in [0.4, 0.5) is 10.2 Å². The fraction of sp³-hybridized carbons (Fsp3) is 0.444. The van der Waals surface area contributed by atoms with Crippen molar-refractivity contribution >= 4 is 5.82 Å². The maximum atomic E-state index is 13.0. The molecule has 0 amide bonds. The van der Waals surface area contributed by atoms with E-state index < -0.39 is 0 Å². The van der Waals surface area contributed by atoms with Gasteiger partial charge in [0.15, 0.2) is 11.6 Å². The predicted molar refractivity (Wildman–Crippen MR) is 46.8 cm³/mol. The van der Waals surface area contributed by atoms with E-state index in [2.05, 4.69) is 10.3 Å². The second kappa shape index (κ2) is 3.30. The van der Waals surface area contributed by atoms with Gasteiger partial charge in [-0.15, -0.1) is 0 Å². The van der Waals surface area contributed by atoms with Crippen LogP contribution in [0.15, 0.2) is 18.3 Å². The van der Waals surface area contributed by atoms with Gasteiger partial charge < -0.3 is 10.4 Å². The van der Waals surface area contributed by atoms with E-state index in [4.69, 9.17) is 0 Å². The summed E-state index contributed by atoms with van der Waals surface area (Å²) in [5.74, 6) is -0.146. The number of aromatic nitrogens is 1. The fourth-order valence-electron chi connectivity index (χ4n) is 1.32. The van der Waals surface area contributed by atoms with Gasteiger partial charge in [0.1, 0.15) is 0 Å². The van der Waals surface area contributed by atoms with E-state index in [1.165, 1.54) is 18.3 Å². The van der Waals surface area contributed by atoms with E-state index >= 15 is 0 Å². The Labute approximate surface area is 75.6 Å². The van der Waals surface area contributed by atoms with Gasteiger partial charge in [0.25, 0.3) is 0 Å². The van der Waals surface area contributed by atoms with E-state index in [0.29, 0.717) is 0 Å². The molecule has 1 heterocycles. The van der Waals surface area contributed by atoms with E-state index in [1.54, 1.807) is 0 Å². The number of nitrogens with zero attached hydrogens (tertiary/aromatic N) is 1. The van der Waals surface area contributed by atoms with Crippen LogP contribution in [-0.4, -0.2) is 22.2 Å². The summed E-state index contributed by atoms with van der Waals surface area (Å²) in [6, 6.07) is 2.85. The van der Waals surface area contributed by atoms with Crippen LogP contribution in [0, 0.1) is 5.82 Å². The number of hydrogen-bond donors (Lipinski definition) is 2. The molecule has 1 aliphatic rings. The molecule has 2 atom stereocenters. The van der Waals surface area contributed by atoms with Crippen molar-refractivity contribution in [3.05, 3.63) is 24.1 Å². The van der Waals surface area contributed by atoms with Crippen LogP contribution in [0.2, 0.25) is 0 Å². The Morgan fingerprint density at radius 3 is 2.92 bits per heavy atom. The number of aliphatic hydroxyl groups excluding tert-OH is 1. The Bertz CT molecular complexity index is 305. The van der Waals surface area contributed by atoms with Gasteiger partial charge in [-0.3, -0.25) is 0 Å². The van der Waals surface area contributed by atoms with Crippen LogP contribution < -0.4 is 5.32 Å². The van der Waals surface area contributed by atoms with Crippen LogP contribution in [0.3, 0.4) is 0 Å². The summed E-state index contributed by atoms with van der Waals surface area (Å²) in [7, 11) is 0. The molecule has 2 N–H and O–H groups in total. The molecule has 70 valence electrons. The average molecular weight is 182 g/mol. The summed E-state index contributed by atoms with van der Waals surface area (Å²) < 4.78 is 13.0. The number of halogens is 1. The minimum absolute atomic E-state index is 0.0376. The van der Waals surface area contributed by atoms with Crippen molar-refractivity contribution in [2.24, 2.45) is 0 Å². The lowest BCUT2D eigenvalue weighted by Crippen LogP contribution is -2.43. The molecule has 1 aromatic heterocycles. The molecule has 1 fully saturated rings. The molecule has 3 nitrogen and oxygen atoms in total. The quantitative estimate of drug-likeness (QED) is 0.721. The SMILES string of the molecule is O[C@@H]1CC[C@H]1Nc1ncccc1F. The number of nitrogens with one attached hydrogen (secondary N) is 1. The molecule has 0 unspecified atom stereocenters. The monoisotopic (exact) mass is 182 g/mol. The Hall–Kier alpha value is -1.16. The molecule has 1 aliphatic carbocycles. The second-order valence-corrected chi connectivity index (χ2v) is 3.23. The molecule has 2 rings (SSSR count). The molecule has 1 aromatic rings. The zero-order chi connectivity index (χ0) is 9.26. The van der Waals surface area contributed by atoms with Crippen LogP contribution in [0.1, 0.15) is 12.8 Å². The highest BCUT2D eigenvalue weighted by molar-refractivity contribution is 5.37. The Balaban J connectivity index is 2.05. The van der Waals surface area contributed by atoms with Crippen LogP contribution >= 0.6 is 0 Å². The number of rotatable bonds is 2. The molecule has 0 saturated heterocycles. The highest BCUT2D eigenvalue weighted by Crippen LogP contribution is 2.23. The first kappa shape index (κ1) is 8.44. The smallest absolute Gasteiger partial charge is 0.165 e. The Kier molecular flexibility index (Phi) is 2.14. The molecule has 1 saturated carbocycles. The summed E-state index contributed by atoms with van der Waals surface area (Å²) in [4.78, 5) is 3.84. The topological polar surface area (TPSA) is 45.1 Å². The van der Waals surface area contributed by atoms with Crippen molar-refractivity contribution in [2.75, 3.05) is 5.32 Å². The van der Waals surface area contributed by atoms with Crippen LogP contribution in [0.25, 0.3) is 0 Å². The molecule has 0 bridgehead atoms. The van der Waals surface area contributed by atoms with Crippen molar-refractivity contribution in [1.82, 2.24) is 4.98 Å². The number of aliphatic hydroxyl groups is 1. The molecule has 0 spiro atoms. The van der Waals surface area contributed by atoms with Gasteiger partial charge in [-0.25, -0.2) is 9.37 Å². The number of hydrogen-bond acceptors (Lipinski definition) is 3. The Morgan fingerprint density at radius 2 is 2.38 bits per heavy atom. The largest absolute Gasteiger partial charge is 0.391 e. The van der Waals surface area contributed by atoms with Crippen molar-refractivity contribution in [1.29, 1.82) is 0 Å². The first-order valence-corrected chi connectivity index (χ1v) is 4.32. The third-order valence-electron chi connectivity index (χ3n) is 2.32. The van der Waals surface area contributed by atoms with Gasteiger partial charge in [0.2, 0.25) is 0 Å². The van der Waals surface area contributed by atoms with Gasteiger partial charge in [0, 0.05) is 6.20 Å². The van der Waals surface area contributed by atoms with E-state index in [-0.39, 0.29) is 23.8 Å². The maximum Gasteiger partial charge on any atom is 0.165 e. The third-order valence-corrected chi connectivity index (χ3v) is 2.32. The molecule has 0 aliphatic heterocycles. The molecule has 0 aromatic carbocycles. The predicted octanol–water partition coefficient (Wildman–Crippen LogP) is 1.16. The van der Waals surface area contributed by atoms with Crippen LogP contribution in [-0.2, 0) is 0 Å². The molecular formula is C9H11FN2O. The molecule has 13 heavy (non-hydrogen) atoms. The number of anilines is 1. The van der Waals surface area contributed by atoms with Gasteiger partial charge in [0.05, 0.1) is 12.1 Å². The number of pyridine rings is 1. The first-order valence-electron chi connectivity index (χ1n) is 4.32. The van der Waals surface area contributed by atoms with Gasteiger partial charge in [-0.1, -0.05) is 0 Å². The van der Waals surface area contributed by atoms with Gasteiger partial charge in [-0.2, -0.15) is 0 Å². The van der Waals surface area contributed by atoms with Crippen molar-refractivity contribution in [3.63, 3.8) is 0 Å². The van der Waals surface area contributed by atoms with E-state index in [1.807, 2.05) is 0 Å². The average Bonchev–Trinajstić information content (AvgIpc) is 2.14. The summed E-state index contributed by atoms with van der Waals surface area (Å²) in [6.45, 7) is 0. The minimum atomic E-state index is -0.374. The van der Waals surface area contributed by atoms with Gasteiger partial charge >= 0.3 is 0 Å². The van der Waals surface area contributed by atoms with Crippen molar-refractivity contribution in [2.45, 2.75) is 25.0 Å². The summed E-state index contributed by atoms with van der Waals surface area (Å²) in [5.41, 5.74) is 0. The highest BCUT2D eigenvalue weighted by Gasteiger charge is 2.29. The van der Waals surface area contributed by atoms with E-state index in [9.17, 15) is 9.50 Å². The second-order valence-electron chi connectivity index (χ2n) is 3.23. The minimum Gasteiger partial charge on any atom is -0.391 e. The van der Waals surface area contributed by atoms with Crippen molar-refractivity contribution in [3.8, 4) is 0 Å². The summed E-state index contributed by atoms with van der Waals surface area (Å²) >= 11 is 0. The molecule has 0 radical (unpaired) electrons. The van der Waals surface area contributed by atoms with Crippen molar-refractivity contribution < 1.29 is 9.50 Å². The molecular weight excluding hydrogens is 171 g/mol. The maximum absolute atomic E-state index is 13.0. The summed E-state index contributed by atoms with van der Waals surface area (Å²) in [6.07, 6.45) is 2.82. The summed E-state index contributed by atoms with van der Waals surface area (Å²) in [5, 5.41) is 12.1.